The Hall–Kier alpha value is -1.62. The first-order valence-electron chi connectivity index (χ1n) is 5.96. The Balaban J connectivity index is 2.55. The van der Waals surface area contributed by atoms with Gasteiger partial charge in [-0.2, -0.15) is 0 Å². The second-order valence-electron chi connectivity index (χ2n) is 4.13. The van der Waals surface area contributed by atoms with E-state index in [9.17, 15) is 9.18 Å². The Morgan fingerprint density at radius 1 is 1.56 bits per heavy atom. The van der Waals surface area contributed by atoms with Gasteiger partial charge in [-0.25, -0.2) is 4.39 Å². The monoisotopic (exact) mass is 254 g/mol. The lowest BCUT2D eigenvalue weighted by atomic mass is 10.2. The lowest BCUT2D eigenvalue weighted by Gasteiger charge is -2.16. The van der Waals surface area contributed by atoms with Crippen LogP contribution in [0.4, 0.5) is 4.39 Å². The van der Waals surface area contributed by atoms with Crippen molar-refractivity contribution in [3.63, 3.8) is 0 Å². The normalized spacial score (nSPS) is 12.2. The Labute approximate surface area is 106 Å². The average Bonchev–Trinajstić information content (AvgIpc) is 2.33. The summed E-state index contributed by atoms with van der Waals surface area (Å²) in [6, 6.07) is 3.92. The first kappa shape index (κ1) is 14.4. The molecule has 100 valence electrons. The zero-order valence-corrected chi connectivity index (χ0v) is 10.7. The molecule has 0 aromatic heterocycles. The van der Waals surface area contributed by atoms with E-state index >= 15 is 0 Å². The zero-order valence-electron chi connectivity index (χ0n) is 10.7. The summed E-state index contributed by atoms with van der Waals surface area (Å²) in [5.41, 5.74) is 5.76. The van der Waals surface area contributed by atoms with Gasteiger partial charge in [0.05, 0.1) is 0 Å². The Kier molecular flexibility index (Phi) is 5.58. The van der Waals surface area contributed by atoms with Gasteiger partial charge >= 0.3 is 0 Å². The molecule has 1 rings (SSSR count). The lowest BCUT2D eigenvalue weighted by molar-refractivity contribution is -0.120. The van der Waals surface area contributed by atoms with Gasteiger partial charge in [-0.15, -0.1) is 0 Å². The van der Waals surface area contributed by atoms with Crippen LogP contribution in [0.5, 0.6) is 5.75 Å². The highest BCUT2D eigenvalue weighted by molar-refractivity contribution is 5.80. The minimum absolute atomic E-state index is 0.139. The summed E-state index contributed by atoms with van der Waals surface area (Å²) in [5, 5.41) is 2.99. The number of nitrogens with two attached hydrogens (primary N) is 1. The molecular weight excluding hydrogens is 235 g/mol. The summed E-state index contributed by atoms with van der Waals surface area (Å²) in [5.74, 6) is -0.210. The largest absolute Gasteiger partial charge is 0.491 e. The van der Waals surface area contributed by atoms with Gasteiger partial charge in [0.2, 0.25) is 5.91 Å². The quantitative estimate of drug-likeness (QED) is 0.772. The number of nitrogens with one attached hydrogen (secondary N) is 1. The number of halogens is 1. The molecule has 4 nitrogen and oxygen atoms in total. The molecule has 0 spiro atoms. The maximum Gasteiger partial charge on any atom is 0.238 e. The number of rotatable bonds is 7. The highest BCUT2D eigenvalue weighted by Crippen LogP contribution is 2.15. The molecule has 1 amide bonds. The van der Waals surface area contributed by atoms with Gasteiger partial charge in [-0.05, 0) is 43.7 Å². The van der Waals surface area contributed by atoms with E-state index in [0.717, 1.165) is 6.42 Å². The molecule has 0 aliphatic heterocycles. The summed E-state index contributed by atoms with van der Waals surface area (Å²) in [6.07, 6.45) is 0.902. The third-order valence-corrected chi connectivity index (χ3v) is 2.53. The average molecular weight is 254 g/mol. The molecule has 1 unspecified atom stereocenters. The molecule has 3 N–H and O–H groups in total. The van der Waals surface area contributed by atoms with Crippen LogP contribution in [0.3, 0.4) is 0 Å². The predicted octanol–water partition coefficient (Wildman–Crippen LogP) is 1.37. The van der Waals surface area contributed by atoms with E-state index in [1.807, 2.05) is 6.92 Å². The molecule has 1 atom stereocenters. The van der Waals surface area contributed by atoms with Gasteiger partial charge in [0.1, 0.15) is 24.2 Å². The minimum atomic E-state index is -0.532. The lowest BCUT2D eigenvalue weighted by Crippen LogP contribution is -2.45. The first-order chi connectivity index (χ1) is 8.54. The second-order valence-corrected chi connectivity index (χ2v) is 4.13. The Bertz CT molecular complexity index is 410. The maximum atomic E-state index is 13.1. The second kappa shape index (κ2) is 6.96. The molecule has 0 radical (unpaired) electrons. The third kappa shape index (κ3) is 4.33. The van der Waals surface area contributed by atoms with Crippen molar-refractivity contribution in [1.82, 2.24) is 5.32 Å². The zero-order chi connectivity index (χ0) is 13.5. The van der Waals surface area contributed by atoms with E-state index in [-0.39, 0.29) is 12.4 Å². The first-order valence-corrected chi connectivity index (χ1v) is 5.96. The van der Waals surface area contributed by atoms with Crippen LogP contribution in [0.2, 0.25) is 0 Å². The van der Waals surface area contributed by atoms with Crippen molar-refractivity contribution in [3.05, 3.63) is 29.6 Å². The molecule has 0 saturated carbocycles. The van der Waals surface area contributed by atoms with Crippen LogP contribution in [0, 0.1) is 12.7 Å². The number of benzene rings is 1. The summed E-state index contributed by atoms with van der Waals surface area (Å²) >= 11 is 0. The fraction of sp³-hybridized carbons (Fsp3) is 0.462. The summed E-state index contributed by atoms with van der Waals surface area (Å²) in [7, 11) is 0. The molecule has 0 bridgehead atoms. The molecule has 0 heterocycles. The summed E-state index contributed by atoms with van der Waals surface area (Å²) in [6.45, 7) is 4.48. The molecule has 1 aromatic carbocycles. The van der Waals surface area contributed by atoms with E-state index in [4.69, 9.17) is 10.5 Å². The molecular formula is C13H19FN2O2. The topological polar surface area (TPSA) is 64.3 Å². The fourth-order valence-electron chi connectivity index (χ4n) is 1.45. The van der Waals surface area contributed by atoms with Crippen LogP contribution >= 0.6 is 0 Å². The van der Waals surface area contributed by atoms with Crippen LogP contribution in [0.25, 0.3) is 0 Å². The van der Waals surface area contributed by atoms with E-state index < -0.39 is 11.9 Å². The van der Waals surface area contributed by atoms with Gasteiger partial charge in [-0.1, -0.05) is 6.92 Å². The minimum Gasteiger partial charge on any atom is -0.491 e. The summed E-state index contributed by atoms with van der Waals surface area (Å²) < 4.78 is 18.5. The Morgan fingerprint density at radius 3 is 2.83 bits per heavy atom. The molecule has 0 saturated heterocycles. The molecule has 0 aliphatic rings. The van der Waals surface area contributed by atoms with E-state index in [2.05, 4.69) is 5.32 Å². The molecule has 0 fully saturated rings. The van der Waals surface area contributed by atoms with Crippen molar-refractivity contribution in [2.45, 2.75) is 26.3 Å². The number of hydrogen-bond donors (Lipinski definition) is 2. The smallest absolute Gasteiger partial charge is 0.238 e. The van der Waals surface area contributed by atoms with Crippen molar-refractivity contribution >= 4 is 5.91 Å². The highest BCUT2D eigenvalue weighted by atomic mass is 19.1. The number of carbonyl (C=O) groups is 1. The Morgan fingerprint density at radius 2 is 2.28 bits per heavy atom. The van der Waals surface area contributed by atoms with Crippen molar-refractivity contribution in [2.75, 3.05) is 13.2 Å². The molecule has 1 aromatic rings. The van der Waals surface area contributed by atoms with E-state index in [1.165, 1.54) is 12.1 Å². The van der Waals surface area contributed by atoms with E-state index in [1.54, 1.807) is 13.0 Å². The summed E-state index contributed by atoms with van der Waals surface area (Å²) in [4.78, 5) is 11.2. The molecule has 5 heteroatoms. The SMILES string of the molecule is CCCNC(COc1ccc(F)c(C)c1)C(N)=O. The van der Waals surface area contributed by atoms with Crippen molar-refractivity contribution < 1.29 is 13.9 Å². The molecule has 18 heavy (non-hydrogen) atoms. The number of amides is 1. The number of primary amides is 1. The van der Waals surface area contributed by atoms with Crippen LogP contribution in [-0.4, -0.2) is 25.1 Å². The van der Waals surface area contributed by atoms with E-state index in [0.29, 0.717) is 17.9 Å². The van der Waals surface area contributed by atoms with Crippen LogP contribution in [-0.2, 0) is 4.79 Å². The number of ether oxygens (including phenoxy) is 1. The van der Waals surface area contributed by atoms with Crippen molar-refractivity contribution in [2.24, 2.45) is 5.73 Å². The van der Waals surface area contributed by atoms with Crippen molar-refractivity contribution in [1.29, 1.82) is 0 Å². The van der Waals surface area contributed by atoms with Crippen LogP contribution < -0.4 is 15.8 Å². The van der Waals surface area contributed by atoms with Crippen LogP contribution in [0.1, 0.15) is 18.9 Å². The highest BCUT2D eigenvalue weighted by Gasteiger charge is 2.15. The van der Waals surface area contributed by atoms with Gasteiger partial charge < -0.3 is 15.8 Å². The number of carbonyl (C=O) groups excluding carboxylic acids is 1. The fourth-order valence-corrected chi connectivity index (χ4v) is 1.45. The number of aryl methyl sites for hydroxylation is 1. The van der Waals surface area contributed by atoms with Gasteiger partial charge in [-0.3, -0.25) is 4.79 Å². The number of hydrogen-bond acceptors (Lipinski definition) is 3. The standard InChI is InChI=1S/C13H19FN2O2/c1-3-6-16-12(13(15)17)8-18-10-4-5-11(14)9(2)7-10/h4-5,7,12,16H,3,6,8H2,1-2H3,(H2,15,17). The van der Waals surface area contributed by atoms with Gasteiger partial charge in [0.25, 0.3) is 0 Å². The van der Waals surface area contributed by atoms with Gasteiger partial charge in [0.15, 0.2) is 0 Å². The predicted molar refractivity (Wildman–Crippen MR) is 67.9 cm³/mol. The van der Waals surface area contributed by atoms with Crippen LogP contribution in [0.15, 0.2) is 18.2 Å². The van der Waals surface area contributed by atoms with Gasteiger partial charge in [0, 0.05) is 0 Å². The third-order valence-electron chi connectivity index (χ3n) is 2.53. The van der Waals surface area contributed by atoms with Crippen molar-refractivity contribution in [3.8, 4) is 5.75 Å². The molecule has 0 aliphatic carbocycles. The maximum absolute atomic E-state index is 13.1.